The van der Waals surface area contributed by atoms with Gasteiger partial charge < -0.3 is 10.5 Å². The van der Waals surface area contributed by atoms with Crippen LogP contribution >= 0.6 is 0 Å². The summed E-state index contributed by atoms with van der Waals surface area (Å²) in [4.78, 5) is 0.0426. The number of hydrogen-bond acceptors (Lipinski definition) is 4. The Balaban J connectivity index is 3.08. The first-order chi connectivity index (χ1) is 9.20. The van der Waals surface area contributed by atoms with Crippen LogP contribution in [0.3, 0.4) is 0 Å². The van der Waals surface area contributed by atoms with Gasteiger partial charge in [-0.2, -0.15) is 0 Å². The van der Waals surface area contributed by atoms with Crippen molar-refractivity contribution in [3.8, 4) is 0 Å². The quantitative estimate of drug-likeness (QED) is 0.782. The van der Waals surface area contributed by atoms with Gasteiger partial charge in [0.05, 0.1) is 10.6 Å². The lowest BCUT2D eigenvalue weighted by Gasteiger charge is -2.16. The van der Waals surface area contributed by atoms with Gasteiger partial charge in [0.2, 0.25) is 10.0 Å². The monoisotopic (exact) mass is 304 g/mol. The summed E-state index contributed by atoms with van der Waals surface area (Å²) in [6, 6.07) is 1.13. The highest BCUT2D eigenvalue weighted by molar-refractivity contribution is 7.89. The largest absolute Gasteiger partial charge is 0.396 e. The molecule has 0 bridgehead atoms. The third kappa shape index (κ3) is 3.68. The molecule has 1 aromatic carbocycles. The van der Waals surface area contributed by atoms with E-state index in [1.54, 1.807) is 14.0 Å². The molecule has 20 heavy (non-hydrogen) atoms. The summed E-state index contributed by atoms with van der Waals surface area (Å²) in [7, 11) is -2.17. The number of methoxy groups -OCH3 is 1. The number of sulfonamides is 1. The third-order valence-electron chi connectivity index (χ3n) is 3.05. The van der Waals surface area contributed by atoms with Gasteiger partial charge in [0.1, 0.15) is 5.82 Å². The van der Waals surface area contributed by atoms with Gasteiger partial charge in [0.15, 0.2) is 0 Å². The Morgan fingerprint density at radius 2 is 2.05 bits per heavy atom. The van der Waals surface area contributed by atoms with E-state index in [2.05, 4.69) is 4.72 Å². The van der Waals surface area contributed by atoms with E-state index in [1.165, 1.54) is 6.92 Å². The van der Waals surface area contributed by atoms with Crippen LogP contribution in [-0.2, 0) is 14.8 Å². The van der Waals surface area contributed by atoms with Crippen molar-refractivity contribution in [2.24, 2.45) is 5.92 Å². The second-order valence-electron chi connectivity index (χ2n) is 4.96. The molecule has 7 heteroatoms. The standard InChI is InChI=1S/C13H21FN2O3S/c1-8(7-19-4)6-16-20(17,18)13-9(2)5-11(14)12(15)10(13)3/h5,8,16H,6-7,15H2,1-4H3. The number of benzene rings is 1. The minimum Gasteiger partial charge on any atom is -0.396 e. The molecule has 0 aliphatic heterocycles. The van der Waals surface area contributed by atoms with Crippen LogP contribution in [0.25, 0.3) is 0 Å². The summed E-state index contributed by atoms with van der Waals surface area (Å²) in [5.74, 6) is -0.570. The van der Waals surface area contributed by atoms with E-state index < -0.39 is 15.8 Å². The molecule has 0 aliphatic rings. The van der Waals surface area contributed by atoms with E-state index in [9.17, 15) is 12.8 Å². The molecular formula is C13H21FN2O3S. The van der Waals surface area contributed by atoms with Crippen LogP contribution in [0, 0.1) is 25.6 Å². The number of nitrogen functional groups attached to an aromatic ring is 1. The van der Waals surface area contributed by atoms with Gasteiger partial charge in [-0.15, -0.1) is 0 Å². The summed E-state index contributed by atoms with van der Waals surface area (Å²) >= 11 is 0. The smallest absolute Gasteiger partial charge is 0.241 e. The van der Waals surface area contributed by atoms with Gasteiger partial charge in [-0.1, -0.05) is 6.92 Å². The molecular weight excluding hydrogens is 283 g/mol. The highest BCUT2D eigenvalue weighted by Crippen LogP contribution is 2.27. The van der Waals surface area contributed by atoms with E-state index >= 15 is 0 Å². The molecule has 1 unspecified atom stereocenters. The van der Waals surface area contributed by atoms with Crippen molar-refractivity contribution in [1.29, 1.82) is 0 Å². The van der Waals surface area contributed by atoms with Crippen LogP contribution < -0.4 is 10.5 Å². The van der Waals surface area contributed by atoms with Gasteiger partial charge in [-0.05, 0) is 37.0 Å². The topological polar surface area (TPSA) is 81.4 Å². The molecule has 0 fully saturated rings. The highest BCUT2D eigenvalue weighted by atomic mass is 32.2. The second-order valence-corrected chi connectivity index (χ2v) is 6.66. The molecule has 0 heterocycles. The number of halogens is 1. The number of aryl methyl sites for hydroxylation is 1. The lowest BCUT2D eigenvalue weighted by molar-refractivity contribution is 0.161. The molecule has 0 amide bonds. The molecule has 0 aliphatic carbocycles. The zero-order valence-electron chi connectivity index (χ0n) is 12.2. The molecule has 0 radical (unpaired) electrons. The number of rotatable bonds is 6. The predicted molar refractivity (Wildman–Crippen MR) is 76.5 cm³/mol. The third-order valence-corrected chi connectivity index (χ3v) is 4.76. The van der Waals surface area contributed by atoms with Crippen molar-refractivity contribution in [2.45, 2.75) is 25.7 Å². The van der Waals surface area contributed by atoms with Gasteiger partial charge >= 0.3 is 0 Å². The average molecular weight is 304 g/mol. The first kappa shape index (κ1) is 16.9. The maximum atomic E-state index is 13.5. The van der Waals surface area contributed by atoms with Gasteiger partial charge in [0.25, 0.3) is 0 Å². The fourth-order valence-electron chi connectivity index (χ4n) is 2.01. The summed E-state index contributed by atoms with van der Waals surface area (Å²) in [5.41, 5.74) is 5.99. The molecule has 0 spiro atoms. The van der Waals surface area contributed by atoms with E-state index in [0.29, 0.717) is 12.2 Å². The van der Waals surface area contributed by atoms with E-state index in [4.69, 9.17) is 10.5 Å². The molecule has 3 N–H and O–H groups in total. The minimum absolute atomic E-state index is 0.0354. The SMILES string of the molecule is COCC(C)CNS(=O)(=O)c1c(C)cc(F)c(N)c1C. The van der Waals surface area contributed by atoms with Crippen LogP contribution in [0.5, 0.6) is 0 Å². The molecule has 0 saturated heterocycles. The van der Waals surface area contributed by atoms with Crippen molar-refractivity contribution >= 4 is 15.7 Å². The number of ether oxygens (including phenoxy) is 1. The maximum absolute atomic E-state index is 13.5. The maximum Gasteiger partial charge on any atom is 0.241 e. The first-order valence-electron chi connectivity index (χ1n) is 6.24. The molecule has 0 aromatic heterocycles. The second kappa shape index (κ2) is 6.51. The van der Waals surface area contributed by atoms with Crippen LogP contribution in [0.15, 0.2) is 11.0 Å². The van der Waals surface area contributed by atoms with Crippen molar-refractivity contribution in [3.05, 3.63) is 23.0 Å². The predicted octanol–water partition coefficient (Wildman–Crippen LogP) is 1.59. The zero-order valence-corrected chi connectivity index (χ0v) is 13.0. The van der Waals surface area contributed by atoms with Crippen molar-refractivity contribution in [3.63, 3.8) is 0 Å². The minimum atomic E-state index is -3.73. The average Bonchev–Trinajstić information content (AvgIpc) is 2.34. The Kier molecular flexibility index (Phi) is 5.50. The Bertz CT molecular complexity index is 588. The van der Waals surface area contributed by atoms with Gasteiger partial charge in [-0.3, -0.25) is 0 Å². The lowest BCUT2D eigenvalue weighted by Crippen LogP contribution is -2.31. The van der Waals surface area contributed by atoms with Crippen LogP contribution in [0.4, 0.5) is 10.1 Å². The summed E-state index contributed by atoms with van der Waals surface area (Å²) in [6.07, 6.45) is 0. The van der Waals surface area contributed by atoms with Crippen LogP contribution in [0.1, 0.15) is 18.1 Å². The van der Waals surface area contributed by atoms with Crippen LogP contribution in [-0.4, -0.2) is 28.7 Å². The Labute approximate surface area is 119 Å². The molecule has 1 aromatic rings. The highest BCUT2D eigenvalue weighted by Gasteiger charge is 2.23. The number of hydrogen-bond donors (Lipinski definition) is 2. The Morgan fingerprint density at radius 3 is 2.60 bits per heavy atom. The zero-order chi connectivity index (χ0) is 15.5. The van der Waals surface area contributed by atoms with E-state index in [1.807, 2.05) is 6.92 Å². The number of nitrogens with one attached hydrogen (secondary N) is 1. The first-order valence-corrected chi connectivity index (χ1v) is 7.72. The normalized spacial score (nSPS) is 13.4. The van der Waals surface area contributed by atoms with E-state index in [0.717, 1.165) is 6.07 Å². The Hall–Kier alpha value is -1.18. The fraction of sp³-hybridized carbons (Fsp3) is 0.538. The summed E-state index contributed by atoms with van der Waals surface area (Å²) < 4.78 is 45.6. The molecule has 1 rings (SSSR count). The summed E-state index contributed by atoms with van der Waals surface area (Å²) in [5, 5.41) is 0. The molecule has 1 atom stereocenters. The van der Waals surface area contributed by atoms with Crippen molar-refractivity contribution in [1.82, 2.24) is 4.72 Å². The molecule has 5 nitrogen and oxygen atoms in total. The number of anilines is 1. The molecule has 114 valence electrons. The van der Waals surface area contributed by atoms with Crippen LogP contribution in [0.2, 0.25) is 0 Å². The Morgan fingerprint density at radius 1 is 1.45 bits per heavy atom. The van der Waals surface area contributed by atoms with Gasteiger partial charge in [-0.25, -0.2) is 17.5 Å². The fourth-order valence-corrected chi connectivity index (χ4v) is 3.66. The molecule has 0 saturated carbocycles. The van der Waals surface area contributed by atoms with Crippen molar-refractivity contribution in [2.75, 3.05) is 26.0 Å². The van der Waals surface area contributed by atoms with Gasteiger partial charge in [0, 0.05) is 20.3 Å². The summed E-state index contributed by atoms with van der Waals surface area (Å²) in [6.45, 7) is 5.60. The number of nitrogens with two attached hydrogens (primary N) is 1. The lowest BCUT2D eigenvalue weighted by atomic mass is 10.1. The van der Waals surface area contributed by atoms with E-state index in [-0.39, 0.29) is 28.6 Å². The van der Waals surface area contributed by atoms with Crippen molar-refractivity contribution < 1.29 is 17.5 Å².